The van der Waals surface area contributed by atoms with Gasteiger partial charge in [-0.3, -0.25) is 9.78 Å². The predicted octanol–water partition coefficient (Wildman–Crippen LogP) is 1.75. The standard InChI is InChI=1S/C15H23N3O2/c1-3-18(4-2)14(20)13-9-12(5-8-16-13)17-10-15(11-19)6-7-15/h5,8-9,19H,3-4,6-7,10-11H2,1-2H3,(H,16,17). The highest BCUT2D eigenvalue weighted by Gasteiger charge is 2.41. The van der Waals surface area contributed by atoms with Gasteiger partial charge in [0, 0.05) is 36.9 Å². The second-order valence-corrected chi connectivity index (χ2v) is 5.42. The van der Waals surface area contributed by atoms with Gasteiger partial charge < -0.3 is 15.3 Å². The zero-order valence-electron chi connectivity index (χ0n) is 12.2. The molecule has 0 bridgehead atoms. The first-order valence-electron chi connectivity index (χ1n) is 7.24. The molecule has 1 heterocycles. The lowest BCUT2D eigenvalue weighted by atomic mass is 10.1. The second kappa shape index (κ2) is 6.22. The molecule has 20 heavy (non-hydrogen) atoms. The van der Waals surface area contributed by atoms with E-state index in [2.05, 4.69) is 10.3 Å². The minimum atomic E-state index is -0.0399. The lowest BCUT2D eigenvalue weighted by Gasteiger charge is -2.19. The van der Waals surface area contributed by atoms with Crippen LogP contribution in [0, 0.1) is 5.41 Å². The molecule has 0 atom stereocenters. The molecule has 1 aliphatic rings. The van der Waals surface area contributed by atoms with Crippen molar-refractivity contribution in [2.45, 2.75) is 26.7 Å². The maximum atomic E-state index is 12.2. The van der Waals surface area contributed by atoms with Gasteiger partial charge in [-0.2, -0.15) is 0 Å². The molecule has 1 fully saturated rings. The molecule has 1 aromatic rings. The smallest absolute Gasteiger partial charge is 0.272 e. The average molecular weight is 277 g/mol. The summed E-state index contributed by atoms with van der Waals surface area (Å²) in [6.45, 7) is 6.25. The van der Waals surface area contributed by atoms with Crippen molar-refractivity contribution >= 4 is 11.6 Å². The number of aromatic nitrogens is 1. The Morgan fingerprint density at radius 2 is 2.15 bits per heavy atom. The van der Waals surface area contributed by atoms with Crippen LogP contribution in [0.15, 0.2) is 18.3 Å². The molecular weight excluding hydrogens is 254 g/mol. The maximum absolute atomic E-state index is 12.2. The molecule has 0 aromatic carbocycles. The second-order valence-electron chi connectivity index (χ2n) is 5.42. The van der Waals surface area contributed by atoms with E-state index in [0.29, 0.717) is 18.8 Å². The summed E-state index contributed by atoms with van der Waals surface area (Å²) in [6, 6.07) is 3.64. The number of aliphatic hydroxyl groups excluding tert-OH is 1. The number of hydrogen-bond donors (Lipinski definition) is 2. The summed E-state index contributed by atoms with van der Waals surface area (Å²) < 4.78 is 0. The normalized spacial score (nSPS) is 15.8. The van der Waals surface area contributed by atoms with E-state index >= 15 is 0 Å². The Morgan fingerprint density at radius 3 is 2.70 bits per heavy atom. The van der Waals surface area contributed by atoms with Crippen molar-refractivity contribution in [1.29, 1.82) is 0 Å². The topological polar surface area (TPSA) is 65.5 Å². The lowest BCUT2D eigenvalue weighted by Crippen LogP contribution is -2.31. The van der Waals surface area contributed by atoms with Crippen molar-refractivity contribution in [3.63, 3.8) is 0 Å². The molecule has 2 rings (SSSR count). The molecule has 0 aliphatic heterocycles. The van der Waals surface area contributed by atoms with Crippen LogP contribution in [-0.4, -0.2) is 47.1 Å². The zero-order chi connectivity index (χ0) is 14.6. The quantitative estimate of drug-likeness (QED) is 0.797. The Hall–Kier alpha value is -1.62. The van der Waals surface area contributed by atoms with Crippen LogP contribution in [0.5, 0.6) is 0 Å². The highest BCUT2D eigenvalue weighted by molar-refractivity contribution is 5.93. The van der Waals surface area contributed by atoms with Crippen molar-refractivity contribution < 1.29 is 9.90 Å². The van der Waals surface area contributed by atoms with Crippen molar-refractivity contribution in [3.05, 3.63) is 24.0 Å². The van der Waals surface area contributed by atoms with Crippen molar-refractivity contribution in [3.8, 4) is 0 Å². The third kappa shape index (κ3) is 3.28. The third-order valence-electron chi connectivity index (χ3n) is 3.99. The number of amides is 1. The highest BCUT2D eigenvalue weighted by Crippen LogP contribution is 2.44. The van der Waals surface area contributed by atoms with Crippen LogP contribution in [0.2, 0.25) is 0 Å². The number of carbonyl (C=O) groups is 1. The van der Waals surface area contributed by atoms with E-state index in [1.807, 2.05) is 19.9 Å². The van der Waals surface area contributed by atoms with E-state index in [0.717, 1.165) is 25.1 Å². The first-order chi connectivity index (χ1) is 9.64. The monoisotopic (exact) mass is 277 g/mol. The van der Waals surface area contributed by atoms with E-state index in [-0.39, 0.29) is 17.9 Å². The number of pyridine rings is 1. The number of aliphatic hydroxyl groups is 1. The van der Waals surface area contributed by atoms with Gasteiger partial charge in [-0.25, -0.2) is 0 Å². The molecule has 2 N–H and O–H groups in total. The zero-order valence-corrected chi connectivity index (χ0v) is 12.2. The number of anilines is 1. The van der Waals surface area contributed by atoms with Gasteiger partial charge in [0.15, 0.2) is 0 Å². The van der Waals surface area contributed by atoms with Crippen molar-refractivity contribution in [2.24, 2.45) is 5.41 Å². The molecule has 1 saturated carbocycles. The van der Waals surface area contributed by atoms with E-state index in [9.17, 15) is 9.90 Å². The Morgan fingerprint density at radius 1 is 1.45 bits per heavy atom. The molecule has 110 valence electrons. The van der Waals surface area contributed by atoms with Crippen LogP contribution in [0.3, 0.4) is 0 Å². The fourth-order valence-corrected chi connectivity index (χ4v) is 2.19. The van der Waals surface area contributed by atoms with Crippen molar-refractivity contribution in [1.82, 2.24) is 9.88 Å². The third-order valence-corrected chi connectivity index (χ3v) is 3.99. The first-order valence-corrected chi connectivity index (χ1v) is 7.24. The summed E-state index contributed by atoms with van der Waals surface area (Å²) in [7, 11) is 0. The van der Waals surface area contributed by atoms with Crippen LogP contribution in [0.1, 0.15) is 37.2 Å². The Kier molecular flexibility index (Phi) is 4.60. The van der Waals surface area contributed by atoms with E-state index < -0.39 is 0 Å². The number of nitrogens with zero attached hydrogens (tertiary/aromatic N) is 2. The molecule has 1 aliphatic carbocycles. The molecular formula is C15H23N3O2. The van der Waals surface area contributed by atoms with Gasteiger partial charge in [-0.05, 0) is 38.8 Å². The minimum absolute atomic E-state index is 0.0399. The van der Waals surface area contributed by atoms with Crippen LogP contribution >= 0.6 is 0 Å². The summed E-state index contributed by atoms with van der Waals surface area (Å²) >= 11 is 0. The lowest BCUT2D eigenvalue weighted by molar-refractivity contribution is 0.0767. The predicted molar refractivity (Wildman–Crippen MR) is 78.7 cm³/mol. The van der Waals surface area contributed by atoms with Gasteiger partial charge in [0.2, 0.25) is 0 Å². The summed E-state index contributed by atoms with van der Waals surface area (Å²) in [5.74, 6) is -0.0399. The van der Waals surface area contributed by atoms with Crippen LogP contribution < -0.4 is 5.32 Å². The Labute approximate surface area is 120 Å². The van der Waals surface area contributed by atoms with E-state index in [1.165, 1.54) is 0 Å². The number of nitrogens with one attached hydrogen (secondary N) is 1. The highest BCUT2D eigenvalue weighted by atomic mass is 16.3. The Bertz CT molecular complexity index is 468. The largest absolute Gasteiger partial charge is 0.396 e. The number of carbonyl (C=O) groups excluding carboxylic acids is 1. The molecule has 0 saturated heterocycles. The van der Waals surface area contributed by atoms with Gasteiger partial charge in [-0.1, -0.05) is 0 Å². The van der Waals surface area contributed by atoms with E-state index in [4.69, 9.17) is 0 Å². The summed E-state index contributed by atoms with van der Waals surface area (Å²) in [5.41, 5.74) is 1.40. The SMILES string of the molecule is CCN(CC)C(=O)c1cc(NCC2(CO)CC2)ccn1. The van der Waals surface area contributed by atoms with E-state index in [1.54, 1.807) is 17.2 Å². The number of hydrogen-bond acceptors (Lipinski definition) is 4. The summed E-state index contributed by atoms with van der Waals surface area (Å²) in [5, 5.41) is 12.6. The van der Waals surface area contributed by atoms with Crippen molar-refractivity contribution in [2.75, 3.05) is 31.6 Å². The van der Waals surface area contributed by atoms with Crippen LogP contribution in [0.4, 0.5) is 5.69 Å². The van der Waals surface area contributed by atoms with Gasteiger partial charge in [0.05, 0.1) is 6.61 Å². The fourth-order valence-electron chi connectivity index (χ4n) is 2.19. The van der Waals surface area contributed by atoms with Gasteiger partial charge in [0.1, 0.15) is 5.69 Å². The minimum Gasteiger partial charge on any atom is -0.396 e. The molecule has 0 radical (unpaired) electrons. The summed E-state index contributed by atoms with van der Waals surface area (Å²) in [4.78, 5) is 18.1. The molecule has 1 aromatic heterocycles. The first kappa shape index (κ1) is 14.8. The van der Waals surface area contributed by atoms with Gasteiger partial charge >= 0.3 is 0 Å². The summed E-state index contributed by atoms with van der Waals surface area (Å²) in [6.07, 6.45) is 3.78. The average Bonchev–Trinajstić information content (AvgIpc) is 3.27. The molecule has 0 unspecified atom stereocenters. The maximum Gasteiger partial charge on any atom is 0.272 e. The number of rotatable bonds is 7. The van der Waals surface area contributed by atoms with Crippen LogP contribution in [0.25, 0.3) is 0 Å². The molecule has 0 spiro atoms. The Balaban J connectivity index is 2.02. The fraction of sp³-hybridized carbons (Fsp3) is 0.600. The molecule has 5 nitrogen and oxygen atoms in total. The van der Waals surface area contributed by atoms with Gasteiger partial charge in [-0.15, -0.1) is 0 Å². The molecule has 5 heteroatoms. The molecule has 1 amide bonds. The van der Waals surface area contributed by atoms with Crippen LogP contribution in [-0.2, 0) is 0 Å². The van der Waals surface area contributed by atoms with Gasteiger partial charge in [0.25, 0.3) is 5.91 Å².